The van der Waals surface area contributed by atoms with E-state index in [-0.39, 0.29) is 0 Å². The van der Waals surface area contributed by atoms with E-state index >= 15 is 0 Å². The van der Waals surface area contributed by atoms with E-state index in [4.69, 9.17) is 23.2 Å². The number of para-hydroxylation sites is 2. The van der Waals surface area contributed by atoms with Crippen molar-refractivity contribution in [1.29, 1.82) is 0 Å². The van der Waals surface area contributed by atoms with Crippen LogP contribution in [0.3, 0.4) is 0 Å². The third kappa shape index (κ3) is 5.81. The van der Waals surface area contributed by atoms with Crippen molar-refractivity contribution >= 4 is 51.9 Å². The molecule has 0 heterocycles. The second kappa shape index (κ2) is 10.2. The van der Waals surface area contributed by atoms with Crippen LogP contribution >= 0.6 is 23.2 Å². The van der Waals surface area contributed by atoms with E-state index in [2.05, 4.69) is 10.6 Å². The number of nitrogens with one attached hydrogen (secondary N) is 2. The Balaban J connectivity index is 1.96. The summed E-state index contributed by atoms with van der Waals surface area (Å²) in [7, 11) is 0. The molecule has 0 bridgehead atoms. The van der Waals surface area contributed by atoms with Crippen molar-refractivity contribution in [1.82, 2.24) is 0 Å². The lowest BCUT2D eigenvalue weighted by molar-refractivity contribution is -0.129. The second-order valence-electron chi connectivity index (χ2n) is 6.40. The third-order valence-electron chi connectivity index (χ3n) is 4.17. The zero-order valence-corrected chi connectivity index (χ0v) is 17.1. The van der Waals surface area contributed by atoms with Crippen LogP contribution in [0.2, 0.25) is 0 Å². The Morgan fingerprint density at radius 1 is 0.643 bits per heavy atom. The summed E-state index contributed by atoms with van der Waals surface area (Å²) in [6.07, 6.45) is 0. The molecule has 2 aromatic carbocycles. The average Bonchev–Trinajstić information content (AvgIpc) is 2.72. The molecule has 0 radical (unpaired) electrons. The van der Waals surface area contributed by atoms with E-state index in [0.717, 1.165) is 11.4 Å². The van der Waals surface area contributed by atoms with Gasteiger partial charge in [-0.1, -0.05) is 36.4 Å². The number of halogens is 2. The van der Waals surface area contributed by atoms with E-state index in [0.29, 0.717) is 0 Å². The third-order valence-corrected chi connectivity index (χ3v) is 5.03. The van der Waals surface area contributed by atoms with Crippen LogP contribution in [0.4, 0.5) is 11.4 Å². The van der Waals surface area contributed by atoms with Crippen molar-refractivity contribution in [3.8, 4) is 0 Å². The minimum absolute atomic E-state index is 0.544. The van der Waals surface area contributed by atoms with Gasteiger partial charge in [0, 0.05) is 11.4 Å². The number of Topliss-reactive ketones (excluding diaryl/α,β-unsaturated/α-hetero) is 3. The van der Waals surface area contributed by atoms with Crippen molar-refractivity contribution in [2.24, 2.45) is 0 Å². The molecule has 0 aromatic heterocycles. The van der Waals surface area contributed by atoms with Crippen molar-refractivity contribution in [2.45, 2.75) is 36.7 Å². The molecule has 0 saturated carbocycles. The predicted octanol–water partition coefficient (Wildman–Crippen LogP) is 3.91. The highest BCUT2D eigenvalue weighted by molar-refractivity contribution is 6.52. The Labute approximate surface area is 174 Å². The Morgan fingerprint density at radius 3 is 1.29 bits per heavy atom. The second-order valence-corrected chi connectivity index (χ2v) is 7.27. The summed E-state index contributed by atoms with van der Waals surface area (Å²) in [6.45, 7) is 3.20. The molecule has 4 atom stereocenters. The number of rotatable bonds is 10. The van der Waals surface area contributed by atoms with Gasteiger partial charge >= 0.3 is 0 Å². The molecular formula is C21H22Cl2N2O3. The highest BCUT2D eigenvalue weighted by Crippen LogP contribution is 2.16. The Bertz CT molecular complexity index is 747. The van der Waals surface area contributed by atoms with Crippen LogP contribution in [0.1, 0.15) is 13.8 Å². The fraction of sp³-hybridized carbons (Fsp3) is 0.286. The van der Waals surface area contributed by atoms with Gasteiger partial charge in [0.05, 0.1) is 12.1 Å². The van der Waals surface area contributed by atoms with Crippen molar-refractivity contribution < 1.29 is 14.4 Å². The minimum atomic E-state index is -1.51. The first kappa shape index (κ1) is 21.9. The molecule has 0 spiro atoms. The molecular weight excluding hydrogens is 399 g/mol. The summed E-state index contributed by atoms with van der Waals surface area (Å²) < 4.78 is 0. The van der Waals surface area contributed by atoms with E-state index in [9.17, 15) is 14.4 Å². The molecule has 0 aliphatic rings. The molecule has 7 heteroatoms. The molecule has 5 nitrogen and oxygen atoms in total. The monoisotopic (exact) mass is 420 g/mol. The van der Waals surface area contributed by atoms with E-state index in [1.54, 1.807) is 38.1 Å². The molecule has 0 amide bonds. The van der Waals surface area contributed by atoms with Gasteiger partial charge < -0.3 is 10.6 Å². The molecule has 0 aliphatic heterocycles. The van der Waals surface area contributed by atoms with Gasteiger partial charge in [0.2, 0.25) is 0 Å². The number of hydrogen-bond donors (Lipinski definition) is 2. The van der Waals surface area contributed by atoms with Crippen LogP contribution in [0.25, 0.3) is 0 Å². The fourth-order valence-electron chi connectivity index (χ4n) is 2.56. The van der Waals surface area contributed by atoms with Crippen LogP contribution in [-0.4, -0.2) is 40.2 Å². The fourth-order valence-corrected chi connectivity index (χ4v) is 3.25. The Morgan fingerprint density at radius 2 is 0.964 bits per heavy atom. The molecule has 28 heavy (non-hydrogen) atoms. The topological polar surface area (TPSA) is 75.3 Å². The molecule has 2 unspecified atom stereocenters. The maximum Gasteiger partial charge on any atom is 0.183 e. The van der Waals surface area contributed by atoms with Gasteiger partial charge in [0.25, 0.3) is 0 Å². The Hall–Kier alpha value is -2.37. The molecule has 2 aromatic rings. The smallest absolute Gasteiger partial charge is 0.183 e. The molecule has 0 aliphatic carbocycles. The van der Waals surface area contributed by atoms with Gasteiger partial charge in [-0.15, -0.1) is 23.2 Å². The summed E-state index contributed by atoms with van der Waals surface area (Å²) in [4.78, 5) is 37.4. The number of alkyl halides is 2. The number of anilines is 2. The Kier molecular flexibility index (Phi) is 8.03. The quantitative estimate of drug-likeness (QED) is 0.450. The predicted molar refractivity (Wildman–Crippen MR) is 113 cm³/mol. The van der Waals surface area contributed by atoms with Crippen molar-refractivity contribution in [3.63, 3.8) is 0 Å². The number of carbonyl (C=O) groups excluding carboxylic acids is 3. The van der Waals surface area contributed by atoms with Gasteiger partial charge in [-0.2, -0.15) is 0 Å². The van der Waals surface area contributed by atoms with Crippen molar-refractivity contribution in [3.05, 3.63) is 60.7 Å². The number of benzene rings is 2. The first-order chi connectivity index (χ1) is 13.3. The first-order valence-electron chi connectivity index (χ1n) is 8.83. The largest absolute Gasteiger partial charge is 0.375 e. The van der Waals surface area contributed by atoms with Crippen LogP contribution in [0.5, 0.6) is 0 Å². The van der Waals surface area contributed by atoms with Crippen LogP contribution in [0.15, 0.2) is 60.7 Å². The highest BCUT2D eigenvalue weighted by Gasteiger charge is 2.37. The van der Waals surface area contributed by atoms with E-state index in [1.165, 1.54) is 0 Å². The maximum absolute atomic E-state index is 12.5. The lowest BCUT2D eigenvalue weighted by Gasteiger charge is -2.20. The summed E-state index contributed by atoms with van der Waals surface area (Å²) in [5.41, 5.74) is 1.44. The average molecular weight is 421 g/mol. The summed E-state index contributed by atoms with van der Waals surface area (Å²) >= 11 is 12.1. The van der Waals surface area contributed by atoms with Gasteiger partial charge in [0.1, 0.15) is 0 Å². The molecule has 2 N–H and O–H groups in total. The van der Waals surface area contributed by atoms with Gasteiger partial charge in [-0.3, -0.25) is 14.4 Å². The van der Waals surface area contributed by atoms with Gasteiger partial charge in [-0.25, -0.2) is 0 Å². The molecule has 0 saturated heterocycles. The van der Waals surface area contributed by atoms with E-state index in [1.807, 2.05) is 36.4 Å². The van der Waals surface area contributed by atoms with Gasteiger partial charge in [0.15, 0.2) is 28.1 Å². The summed E-state index contributed by atoms with van der Waals surface area (Å²) in [5, 5.41) is 2.92. The first-order valence-corrected chi connectivity index (χ1v) is 9.71. The summed E-state index contributed by atoms with van der Waals surface area (Å²) in [6, 6.07) is 16.7. The number of hydrogen-bond acceptors (Lipinski definition) is 5. The van der Waals surface area contributed by atoms with Gasteiger partial charge in [-0.05, 0) is 38.1 Å². The standard InChI is InChI=1S/C21H22Cl2N2O3/c1-13(24-15-9-5-3-6-10-15)19(26)17(22)21(28)18(23)20(27)14(2)25-16-11-7-4-8-12-16/h3-14,17-18,24-25H,1-2H3/t13-,14-,17?,18?/m0/s1. The SMILES string of the molecule is C[C@H](Nc1ccccc1)C(=O)C(Cl)C(=O)C(Cl)C(=O)[C@H](C)Nc1ccccc1. The highest BCUT2D eigenvalue weighted by atomic mass is 35.5. The zero-order chi connectivity index (χ0) is 20.7. The lowest BCUT2D eigenvalue weighted by Crippen LogP contribution is -2.45. The maximum atomic E-state index is 12.5. The zero-order valence-electron chi connectivity index (χ0n) is 15.6. The van der Waals surface area contributed by atoms with Crippen LogP contribution < -0.4 is 10.6 Å². The number of ketones is 3. The lowest BCUT2D eigenvalue weighted by atomic mass is 10.0. The molecule has 148 valence electrons. The minimum Gasteiger partial charge on any atom is -0.375 e. The normalized spacial score (nSPS) is 15.0. The molecule has 2 rings (SSSR count). The van der Waals surface area contributed by atoms with Crippen LogP contribution in [0, 0.1) is 0 Å². The summed E-state index contributed by atoms with van der Waals surface area (Å²) in [5.74, 6) is -1.91. The van der Waals surface area contributed by atoms with Crippen molar-refractivity contribution in [2.75, 3.05) is 10.6 Å². The van der Waals surface area contributed by atoms with Crippen LogP contribution in [-0.2, 0) is 14.4 Å². The number of carbonyl (C=O) groups is 3. The molecule has 0 fully saturated rings. The van der Waals surface area contributed by atoms with E-state index < -0.39 is 40.2 Å².